The quantitative estimate of drug-likeness (QED) is 0.414. The first-order valence-corrected chi connectivity index (χ1v) is 9.54. The third kappa shape index (κ3) is 5.73. The van der Waals surface area contributed by atoms with E-state index >= 15 is 0 Å². The maximum absolute atomic E-state index is 12.6. The molecule has 1 amide bonds. The highest BCUT2D eigenvalue weighted by Crippen LogP contribution is 2.17. The SMILES string of the molecule is CC(=O)c1ccc(NC(=S)Nc2ccccc2C(=O)NCc2ccccc2)cc1. The summed E-state index contributed by atoms with van der Waals surface area (Å²) in [5, 5.41) is 9.40. The second-order valence-corrected chi connectivity index (χ2v) is 6.83. The monoisotopic (exact) mass is 403 g/mol. The van der Waals surface area contributed by atoms with E-state index in [1.165, 1.54) is 6.92 Å². The minimum atomic E-state index is -0.189. The van der Waals surface area contributed by atoms with Crippen LogP contribution in [0.3, 0.4) is 0 Å². The number of carbonyl (C=O) groups is 2. The minimum absolute atomic E-state index is 0.00712. The van der Waals surface area contributed by atoms with Crippen molar-refractivity contribution in [2.75, 3.05) is 10.6 Å². The predicted molar refractivity (Wildman–Crippen MR) is 120 cm³/mol. The number of hydrogen-bond donors (Lipinski definition) is 3. The number of carbonyl (C=O) groups excluding carboxylic acids is 2. The summed E-state index contributed by atoms with van der Waals surface area (Å²) in [5.41, 5.74) is 3.52. The summed E-state index contributed by atoms with van der Waals surface area (Å²) in [6, 6.07) is 23.9. The Hall–Kier alpha value is -3.51. The van der Waals surface area contributed by atoms with Gasteiger partial charge in [-0.05, 0) is 61.1 Å². The van der Waals surface area contributed by atoms with Crippen LogP contribution in [0.1, 0.15) is 33.2 Å². The van der Waals surface area contributed by atoms with Crippen molar-refractivity contribution in [1.82, 2.24) is 5.32 Å². The van der Waals surface area contributed by atoms with Crippen LogP contribution in [0.2, 0.25) is 0 Å². The lowest BCUT2D eigenvalue weighted by Crippen LogP contribution is -2.26. The summed E-state index contributed by atoms with van der Waals surface area (Å²) in [5.74, 6) is -0.182. The Labute approximate surface area is 175 Å². The highest BCUT2D eigenvalue weighted by molar-refractivity contribution is 7.80. The van der Waals surface area contributed by atoms with Crippen LogP contribution in [-0.4, -0.2) is 16.8 Å². The van der Waals surface area contributed by atoms with Gasteiger partial charge in [-0.1, -0.05) is 42.5 Å². The molecule has 5 nitrogen and oxygen atoms in total. The van der Waals surface area contributed by atoms with Crippen molar-refractivity contribution in [2.24, 2.45) is 0 Å². The van der Waals surface area contributed by atoms with E-state index in [9.17, 15) is 9.59 Å². The highest BCUT2D eigenvalue weighted by atomic mass is 32.1. The number of thiocarbonyl (C=S) groups is 1. The van der Waals surface area contributed by atoms with Crippen LogP contribution in [0, 0.1) is 0 Å². The molecule has 0 fully saturated rings. The zero-order chi connectivity index (χ0) is 20.6. The number of rotatable bonds is 6. The number of amides is 1. The standard InChI is InChI=1S/C23H21N3O2S/c1-16(27)18-11-13-19(14-12-18)25-23(29)26-21-10-6-5-9-20(21)22(28)24-15-17-7-3-2-4-8-17/h2-14H,15H2,1H3,(H,24,28)(H2,25,26,29). The van der Waals surface area contributed by atoms with Crippen LogP contribution in [0.25, 0.3) is 0 Å². The van der Waals surface area contributed by atoms with E-state index in [1.54, 1.807) is 42.5 Å². The molecule has 0 radical (unpaired) electrons. The Morgan fingerprint density at radius 2 is 1.48 bits per heavy atom. The second-order valence-electron chi connectivity index (χ2n) is 6.43. The number of Topliss-reactive ketones (excluding diaryl/α,β-unsaturated/α-hetero) is 1. The topological polar surface area (TPSA) is 70.2 Å². The minimum Gasteiger partial charge on any atom is -0.348 e. The van der Waals surface area contributed by atoms with E-state index in [0.29, 0.717) is 28.5 Å². The average molecular weight is 404 g/mol. The molecular weight excluding hydrogens is 382 g/mol. The van der Waals surface area contributed by atoms with E-state index in [-0.39, 0.29) is 11.7 Å². The molecule has 0 saturated heterocycles. The molecule has 0 saturated carbocycles. The molecule has 6 heteroatoms. The Kier molecular flexibility index (Phi) is 6.71. The number of anilines is 2. The zero-order valence-electron chi connectivity index (χ0n) is 15.9. The van der Waals surface area contributed by atoms with Gasteiger partial charge in [-0.3, -0.25) is 9.59 Å². The van der Waals surface area contributed by atoms with Gasteiger partial charge in [-0.2, -0.15) is 0 Å². The van der Waals surface area contributed by atoms with Gasteiger partial charge in [-0.15, -0.1) is 0 Å². The summed E-state index contributed by atoms with van der Waals surface area (Å²) in [7, 11) is 0. The molecule has 3 aromatic carbocycles. The van der Waals surface area contributed by atoms with Crippen LogP contribution in [0.5, 0.6) is 0 Å². The average Bonchev–Trinajstić information content (AvgIpc) is 2.73. The van der Waals surface area contributed by atoms with Gasteiger partial charge >= 0.3 is 0 Å². The Morgan fingerprint density at radius 3 is 2.17 bits per heavy atom. The van der Waals surface area contributed by atoms with E-state index < -0.39 is 0 Å². The number of benzene rings is 3. The van der Waals surface area contributed by atoms with Crippen LogP contribution < -0.4 is 16.0 Å². The molecule has 146 valence electrons. The summed E-state index contributed by atoms with van der Waals surface area (Å²) < 4.78 is 0. The van der Waals surface area contributed by atoms with Gasteiger partial charge in [-0.25, -0.2) is 0 Å². The number of para-hydroxylation sites is 1. The van der Waals surface area contributed by atoms with E-state index in [0.717, 1.165) is 11.3 Å². The Morgan fingerprint density at radius 1 is 0.828 bits per heavy atom. The summed E-state index contributed by atoms with van der Waals surface area (Å²) in [6.07, 6.45) is 0. The smallest absolute Gasteiger partial charge is 0.253 e. The maximum Gasteiger partial charge on any atom is 0.253 e. The van der Waals surface area contributed by atoms with Gasteiger partial charge in [0.2, 0.25) is 0 Å². The van der Waals surface area contributed by atoms with Crippen molar-refractivity contribution in [3.05, 3.63) is 95.6 Å². The first-order chi connectivity index (χ1) is 14.0. The van der Waals surface area contributed by atoms with Crippen molar-refractivity contribution in [3.8, 4) is 0 Å². The van der Waals surface area contributed by atoms with Crippen LogP contribution >= 0.6 is 12.2 Å². The van der Waals surface area contributed by atoms with Crippen molar-refractivity contribution >= 4 is 40.4 Å². The first kappa shape index (κ1) is 20.2. The number of nitrogens with one attached hydrogen (secondary N) is 3. The van der Waals surface area contributed by atoms with E-state index in [2.05, 4.69) is 16.0 Å². The molecule has 0 spiro atoms. The fraction of sp³-hybridized carbons (Fsp3) is 0.0870. The van der Waals surface area contributed by atoms with E-state index in [4.69, 9.17) is 12.2 Å². The van der Waals surface area contributed by atoms with Gasteiger partial charge < -0.3 is 16.0 Å². The highest BCUT2D eigenvalue weighted by Gasteiger charge is 2.12. The molecule has 0 atom stereocenters. The van der Waals surface area contributed by atoms with Crippen LogP contribution in [0.4, 0.5) is 11.4 Å². The summed E-state index contributed by atoms with van der Waals surface area (Å²) in [4.78, 5) is 24.0. The van der Waals surface area contributed by atoms with Gasteiger partial charge in [0.1, 0.15) is 0 Å². The third-order valence-electron chi connectivity index (χ3n) is 4.27. The Balaban J connectivity index is 1.64. The summed E-state index contributed by atoms with van der Waals surface area (Å²) >= 11 is 5.37. The molecular formula is C23H21N3O2S. The molecule has 3 aromatic rings. The lowest BCUT2D eigenvalue weighted by molar-refractivity contribution is 0.0950. The van der Waals surface area contributed by atoms with Crippen molar-refractivity contribution in [1.29, 1.82) is 0 Å². The number of hydrogen-bond acceptors (Lipinski definition) is 3. The van der Waals surface area contributed by atoms with Gasteiger partial charge in [0.25, 0.3) is 5.91 Å². The molecule has 3 N–H and O–H groups in total. The lowest BCUT2D eigenvalue weighted by Gasteiger charge is -2.14. The lowest BCUT2D eigenvalue weighted by atomic mass is 10.1. The molecule has 29 heavy (non-hydrogen) atoms. The summed E-state index contributed by atoms with van der Waals surface area (Å²) in [6.45, 7) is 1.97. The Bertz CT molecular complexity index is 1020. The largest absolute Gasteiger partial charge is 0.348 e. The molecule has 0 aliphatic heterocycles. The third-order valence-corrected chi connectivity index (χ3v) is 4.47. The first-order valence-electron chi connectivity index (χ1n) is 9.13. The molecule has 0 aromatic heterocycles. The van der Waals surface area contributed by atoms with Crippen LogP contribution in [-0.2, 0) is 6.54 Å². The van der Waals surface area contributed by atoms with Gasteiger partial charge in [0.05, 0.1) is 11.3 Å². The maximum atomic E-state index is 12.6. The fourth-order valence-electron chi connectivity index (χ4n) is 2.74. The number of ketones is 1. The molecule has 0 bridgehead atoms. The predicted octanol–water partition coefficient (Wildman–Crippen LogP) is 4.63. The zero-order valence-corrected chi connectivity index (χ0v) is 16.8. The van der Waals surface area contributed by atoms with Crippen molar-refractivity contribution in [2.45, 2.75) is 13.5 Å². The molecule has 0 unspecified atom stereocenters. The molecule has 0 aliphatic carbocycles. The molecule has 0 aliphatic rings. The second kappa shape index (κ2) is 9.61. The van der Waals surface area contributed by atoms with Crippen molar-refractivity contribution in [3.63, 3.8) is 0 Å². The van der Waals surface area contributed by atoms with Gasteiger partial charge in [0, 0.05) is 17.8 Å². The van der Waals surface area contributed by atoms with E-state index in [1.807, 2.05) is 36.4 Å². The molecule has 0 heterocycles. The van der Waals surface area contributed by atoms with Crippen molar-refractivity contribution < 1.29 is 9.59 Å². The fourth-order valence-corrected chi connectivity index (χ4v) is 2.96. The normalized spacial score (nSPS) is 10.1. The van der Waals surface area contributed by atoms with Gasteiger partial charge in [0.15, 0.2) is 10.9 Å². The van der Waals surface area contributed by atoms with Crippen LogP contribution in [0.15, 0.2) is 78.9 Å². The molecule has 3 rings (SSSR count).